The highest BCUT2D eigenvalue weighted by Crippen LogP contribution is 2.34. The van der Waals surface area contributed by atoms with E-state index < -0.39 is 0 Å². The van der Waals surface area contributed by atoms with Gasteiger partial charge in [-0.1, -0.05) is 24.8 Å². The van der Waals surface area contributed by atoms with E-state index in [9.17, 15) is 4.39 Å². The number of nitrogens with one attached hydrogen (secondary N) is 2. The molecule has 37 heavy (non-hydrogen) atoms. The Bertz CT molecular complexity index is 1620. The van der Waals surface area contributed by atoms with Gasteiger partial charge in [0.2, 0.25) is 0 Å². The first-order valence-electron chi connectivity index (χ1n) is 12.4. The van der Waals surface area contributed by atoms with Crippen LogP contribution in [0.5, 0.6) is 0 Å². The molecule has 5 aromatic rings. The zero-order valence-electron chi connectivity index (χ0n) is 20.6. The van der Waals surface area contributed by atoms with Crippen LogP contribution in [0.25, 0.3) is 39.1 Å². The average Bonchev–Trinajstić information content (AvgIpc) is 3.70. The van der Waals surface area contributed by atoms with Crippen LogP contribution in [0.1, 0.15) is 34.7 Å². The second-order valence-electron chi connectivity index (χ2n) is 9.38. The van der Waals surface area contributed by atoms with E-state index in [-0.39, 0.29) is 5.13 Å². The van der Waals surface area contributed by atoms with Crippen LogP contribution in [0.15, 0.2) is 67.5 Å². The molecule has 1 aliphatic rings. The Morgan fingerprint density at radius 1 is 1.14 bits per heavy atom. The monoisotopic (exact) mass is 510 g/mol. The number of halogens is 1. The summed E-state index contributed by atoms with van der Waals surface area (Å²) in [7, 11) is 0. The number of aromatic amines is 2. The molecule has 1 aliphatic heterocycles. The van der Waals surface area contributed by atoms with E-state index in [0.717, 1.165) is 80.5 Å². The summed E-state index contributed by atoms with van der Waals surface area (Å²) in [6.07, 6.45) is 9.98. The topological polar surface area (TPSA) is 73.5 Å². The van der Waals surface area contributed by atoms with E-state index in [2.05, 4.69) is 49.8 Å². The van der Waals surface area contributed by atoms with Crippen molar-refractivity contribution >= 4 is 27.8 Å². The summed E-state index contributed by atoms with van der Waals surface area (Å²) >= 11 is 1.09. The minimum Gasteiger partial charge on any atom is -0.340 e. The van der Waals surface area contributed by atoms with Gasteiger partial charge in [0.15, 0.2) is 11.0 Å². The molecule has 0 atom stereocenters. The SMILES string of the molecule is C=C/C=C(/c1ccc(F)s1)c1nc(-c2n[nH]c3ccc(-c4cncc(CN5CCCC5)c4)cc23)[nH]c1C. The summed E-state index contributed by atoms with van der Waals surface area (Å²) in [5, 5.41) is 8.46. The molecule has 0 saturated carbocycles. The summed E-state index contributed by atoms with van der Waals surface area (Å²) in [5.41, 5.74) is 7.51. The lowest BCUT2D eigenvalue weighted by Crippen LogP contribution is -2.18. The van der Waals surface area contributed by atoms with Crippen LogP contribution in [0.4, 0.5) is 4.39 Å². The van der Waals surface area contributed by atoms with Gasteiger partial charge >= 0.3 is 0 Å². The molecule has 186 valence electrons. The van der Waals surface area contributed by atoms with E-state index in [0.29, 0.717) is 5.82 Å². The predicted molar refractivity (Wildman–Crippen MR) is 148 cm³/mol. The van der Waals surface area contributed by atoms with E-state index in [1.807, 2.05) is 31.5 Å². The van der Waals surface area contributed by atoms with Crippen molar-refractivity contribution in [3.63, 3.8) is 0 Å². The van der Waals surface area contributed by atoms with Gasteiger partial charge in [0.05, 0.1) is 11.2 Å². The lowest BCUT2D eigenvalue weighted by molar-refractivity contribution is 0.331. The summed E-state index contributed by atoms with van der Waals surface area (Å²) in [4.78, 5) is 16.1. The third kappa shape index (κ3) is 4.65. The molecule has 6 rings (SSSR count). The molecule has 0 unspecified atom stereocenters. The van der Waals surface area contributed by atoms with E-state index in [4.69, 9.17) is 4.98 Å². The van der Waals surface area contributed by atoms with Crippen molar-refractivity contribution in [3.05, 3.63) is 94.5 Å². The Kier molecular flexibility index (Phi) is 6.28. The molecule has 1 saturated heterocycles. The van der Waals surface area contributed by atoms with Gasteiger partial charge in [0.1, 0.15) is 5.69 Å². The van der Waals surface area contributed by atoms with Crippen molar-refractivity contribution < 1.29 is 4.39 Å². The van der Waals surface area contributed by atoms with E-state index in [1.165, 1.54) is 24.5 Å². The van der Waals surface area contributed by atoms with Gasteiger partial charge in [0.25, 0.3) is 0 Å². The van der Waals surface area contributed by atoms with Crippen molar-refractivity contribution in [2.24, 2.45) is 0 Å². The van der Waals surface area contributed by atoms with Gasteiger partial charge < -0.3 is 4.98 Å². The maximum Gasteiger partial charge on any atom is 0.176 e. The number of hydrogen-bond donors (Lipinski definition) is 2. The number of aryl methyl sites for hydroxylation is 1. The largest absolute Gasteiger partial charge is 0.340 e. The number of pyridine rings is 1. The standard InChI is InChI=1S/C29H27FN6S/c1-3-6-22(25-9-10-26(30)37-25)27-18(2)32-29(33-27)28-23-14-20(7-8-24(23)34-35-28)21-13-19(15-31-16-21)17-36-11-4-5-12-36/h3,6-10,13-16H,1,4-5,11-12,17H2,2H3,(H,32,33)(H,34,35)/b22-6-. The lowest BCUT2D eigenvalue weighted by Gasteiger charge is -2.14. The molecule has 2 N–H and O–H groups in total. The third-order valence-corrected chi connectivity index (χ3v) is 7.69. The highest BCUT2D eigenvalue weighted by atomic mass is 32.1. The maximum atomic E-state index is 13.8. The lowest BCUT2D eigenvalue weighted by atomic mass is 10.0. The number of thiophene rings is 1. The van der Waals surface area contributed by atoms with Crippen LogP contribution in [0.2, 0.25) is 0 Å². The average molecular weight is 511 g/mol. The van der Waals surface area contributed by atoms with Crippen LogP contribution in [-0.2, 0) is 6.54 Å². The number of likely N-dealkylation sites (tertiary alicyclic amines) is 1. The number of fused-ring (bicyclic) bond motifs is 1. The Hall–Kier alpha value is -3.88. The number of H-pyrrole nitrogens is 2. The van der Waals surface area contributed by atoms with Gasteiger partial charge in [0, 0.05) is 46.0 Å². The first-order chi connectivity index (χ1) is 18.1. The predicted octanol–water partition coefficient (Wildman–Crippen LogP) is 6.74. The summed E-state index contributed by atoms with van der Waals surface area (Å²) < 4.78 is 13.8. The van der Waals surface area contributed by atoms with Crippen molar-refractivity contribution in [1.29, 1.82) is 0 Å². The maximum absolute atomic E-state index is 13.8. The summed E-state index contributed by atoms with van der Waals surface area (Å²) in [6.45, 7) is 9.04. The molecule has 0 aliphatic carbocycles. The number of aromatic nitrogens is 5. The van der Waals surface area contributed by atoms with E-state index >= 15 is 0 Å². The highest BCUT2D eigenvalue weighted by molar-refractivity contribution is 7.11. The number of hydrogen-bond acceptors (Lipinski definition) is 5. The molecular formula is C29H27FN6S. The fraction of sp³-hybridized carbons (Fsp3) is 0.207. The molecule has 1 fully saturated rings. The Labute approximate surface area is 218 Å². The molecule has 0 amide bonds. The van der Waals surface area contributed by atoms with Gasteiger partial charge in [-0.15, -0.1) is 11.3 Å². The normalized spacial score (nSPS) is 14.6. The van der Waals surface area contributed by atoms with Crippen LogP contribution in [-0.4, -0.2) is 43.1 Å². The quantitative estimate of drug-likeness (QED) is 0.238. The smallest absolute Gasteiger partial charge is 0.176 e. The Balaban J connectivity index is 1.36. The minimum absolute atomic E-state index is 0.233. The van der Waals surface area contributed by atoms with Crippen LogP contribution >= 0.6 is 11.3 Å². The van der Waals surface area contributed by atoms with Gasteiger partial charge in [-0.25, -0.2) is 4.98 Å². The Morgan fingerprint density at radius 2 is 2.00 bits per heavy atom. The van der Waals surface area contributed by atoms with Gasteiger partial charge in [-0.3, -0.25) is 15.0 Å². The fourth-order valence-corrected chi connectivity index (χ4v) is 5.75. The molecule has 0 radical (unpaired) electrons. The minimum atomic E-state index is -0.233. The molecule has 6 nitrogen and oxygen atoms in total. The second kappa shape index (κ2) is 9.88. The molecule has 4 aromatic heterocycles. The highest BCUT2D eigenvalue weighted by Gasteiger charge is 2.19. The van der Waals surface area contributed by atoms with Crippen molar-refractivity contribution in [1.82, 2.24) is 30.0 Å². The molecule has 0 bridgehead atoms. The number of rotatable bonds is 7. The third-order valence-electron chi connectivity index (χ3n) is 6.78. The molecule has 8 heteroatoms. The van der Waals surface area contributed by atoms with E-state index in [1.54, 1.807) is 12.1 Å². The summed E-state index contributed by atoms with van der Waals surface area (Å²) in [6, 6.07) is 11.7. The van der Waals surface area contributed by atoms with Crippen molar-refractivity contribution in [2.45, 2.75) is 26.3 Å². The number of allylic oxidation sites excluding steroid dienone is 2. The van der Waals surface area contributed by atoms with Crippen LogP contribution in [0.3, 0.4) is 0 Å². The van der Waals surface area contributed by atoms with Crippen molar-refractivity contribution in [3.8, 4) is 22.6 Å². The number of nitrogens with zero attached hydrogens (tertiary/aromatic N) is 4. The van der Waals surface area contributed by atoms with Gasteiger partial charge in [-0.2, -0.15) is 9.49 Å². The first kappa shape index (κ1) is 23.5. The number of benzene rings is 1. The molecular weight excluding hydrogens is 483 g/mol. The van der Waals surface area contributed by atoms with Crippen LogP contribution in [0, 0.1) is 12.1 Å². The van der Waals surface area contributed by atoms with Gasteiger partial charge in [-0.05, 0) is 74.3 Å². The number of imidazole rings is 1. The zero-order chi connectivity index (χ0) is 25.4. The Morgan fingerprint density at radius 3 is 2.78 bits per heavy atom. The van der Waals surface area contributed by atoms with Crippen LogP contribution < -0.4 is 0 Å². The van der Waals surface area contributed by atoms with Crippen molar-refractivity contribution in [2.75, 3.05) is 13.1 Å². The molecule has 1 aromatic carbocycles. The fourth-order valence-electron chi connectivity index (χ4n) is 4.99. The second-order valence-corrected chi connectivity index (χ2v) is 10.4. The molecule has 0 spiro atoms. The zero-order valence-corrected chi connectivity index (χ0v) is 21.4. The molecule has 5 heterocycles. The first-order valence-corrected chi connectivity index (χ1v) is 13.2. The summed E-state index contributed by atoms with van der Waals surface area (Å²) in [5.74, 6) is 0.656.